The largest absolute Gasteiger partial charge is 0.396 e. The number of hydrogen-bond donors (Lipinski definition) is 3. The first-order valence-electron chi connectivity index (χ1n) is 7.84. The van der Waals surface area contributed by atoms with Gasteiger partial charge >= 0.3 is 0 Å². The zero-order valence-corrected chi connectivity index (χ0v) is 14.3. The quantitative estimate of drug-likeness (QED) is 0.528. The molecule has 124 valence electrons. The summed E-state index contributed by atoms with van der Waals surface area (Å²) >= 11 is 1.73. The standard InChI is InChI=1S/C16H27N3O2S/c1-13(14-3-8-22-10-14)9-18-15(17-2)19-11-16(4-6-20)5-7-21-12-16/h3,8,10,13,20H,4-7,9,11-12H2,1-2H3,(H2,17,18,19). The molecule has 6 heteroatoms. The summed E-state index contributed by atoms with van der Waals surface area (Å²) in [4.78, 5) is 4.29. The molecule has 1 aromatic heterocycles. The highest BCUT2D eigenvalue weighted by atomic mass is 32.1. The maximum Gasteiger partial charge on any atom is 0.191 e. The van der Waals surface area contributed by atoms with E-state index in [9.17, 15) is 5.11 Å². The lowest BCUT2D eigenvalue weighted by Gasteiger charge is -2.28. The van der Waals surface area contributed by atoms with Crippen LogP contribution in [0.2, 0.25) is 0 Å². The lowest BCUT2D eigenvalue weighted by molar-refractivity contribution is 0.127. The first-order valence-corrected chi connectivity index (χ1v) is 8.78. The topological polar surface area (TPSA) is 65.9 Å². The van der Waals surface area contributed by atoms with E-state index in [2.05, 4.69) is 39.4 Å². The van der Waals surface area contributed by atoms with Gasteiger partial charge in [0, 0.05) is 38.8 Å². The molecule has 1 aliphatic heterocycles. The van der Waals surface area contributed by atoms with Gasteiger partial charge in [-0.3, -0.25) is 4.99 Å². The number of nitrogens with one attached hydrogen (secondary N) is 2. The molecule has 1 fully saturated rings. The smallest absolute Gasteiger partial charge is 0.191 e. The Morgan fingerprint density at radius 1 is 1.55 bits per heavy atom. The minimum Gasteiger partial charge on any atom is -0.396 e. The molecule has 0 aliphatic carbocycles. The van der Waals surface area contributed by atoms with Gasteiger partial charge in [0.15, 0.2) is 5.96 Å². The van der Waals surface area contributed by atoms with E-state index < -0.39 is 0 Å². The van der Waals surface area contributed by atoms with Crippen LogP contribution in [0.3, 0.4) is 0 Å². The molecule has 22 heavy (non-hydrogen) atoms. The van der Waals surface area contributed by atoms with Crippen LogP contribution in [0.25, 0.3) is 0 Å². The minimum atomic E-state index is 0.0331. The molecule has 0 radical (unpaired) electrons. The summed E-state index contributed by atoms with van der Waals surface area (Å²) < 4.78 is 5.52. The molecule has 1 aliphatic rings. The summed E-state index contributed by atoms with van der Waals surface area (Å²) in [6, 6.07) is 2.17. The minimum absolute atomic E-state index is 0.0331. The van der Waals surface area contributed by atoms with Gasteiger partial charge in [0.25, 0.3) is 0 Å². The Morgan fingerprint density at radius 3 is 3.00 bits per heavy atom. The Morgan fingerprint density at radius 2 is 2.41 bits per heavy atom. The van der Waals surface area contributed by atoms with Crippen LogP contribution in [0, 0.1) is 5.41 Å². The number of hydrogen-bond acceptors (Lipinski definition) is 4. The van der Waals surface area contributed by atoms with Gasteiger partial charge in [-0.05, 0) is 41.1 Å². The van der Waals surface area contributed by atoms with Gasteiger partial charge in [0.2, 0.25) is 0 Å². The van der Waals surface area contributed by atoms with Gasteiger partial charge in [-0.2, -0.15) is 11.3 Å². The number of ether oxygens (including phenoxy) is 1. The third-order valence-electron chi connectivity index (χ3n) is 4.37. The van der Waals surface area contributed by atoms with E-state index in [4.69, 9.17) is 4.74 Å². The van der Waals surface area contributed by atoms with Gasteiger partial charge in [-0.15, -0.1) is 0 Å². The number of guanidine groups is 1. The molecule has 3 N–H and O–H groups in total. The second kappa shape index (κ2) is 8.50. The first-order chi connectivity index (χ1) is 10.7. The van der Waals surface area contributed by atoms with Crippen molar-refractivity contribution in [2.24, 2.45) is 10.4 Å². The van der Waals surface area contributed by atoms with Crippen molar-refractivity contribution in [3.8, 4) is 0 Å². The van der Waals surface area contributed by atoms with E-state index in [1.165, 1.54) is 5.56 Å². The highest BCUT2D eigenvalue weighted by Crippen LogP contribution is 2.31. The second-order valence-corrected chi connectivity index (χ2v) is 6.82. The van der Waals surface area contributed by atoms with Crippen LogP contribution in [-0.2, 0) is 4.74 Å². The summed E-state index contributed by atoms with van der Waals surface area (Å²) in [5.74, 6) is 1.26. The third kappa shape index (κ3) is 4.69. The monoisotopic (exact) mass is 325 g/mol. The summed E-state index contributed by atoms with van der Waals surface area (Å²) in [6.45, 7) is 5.53. The van der Waals surface area contributed by atoms with E-state index >= 15 is 0 Å². The van der Waals surface area contributed by atoms with Crippen LogP contribution >= 0.6 is 11.3 Å². The van der Waals surface area contributed by atoms with Crippen molar-refractivity contribution >= 4 is 17.3 Å². The number of nitrogens with zero attached hydrogens (tertiary/aromatic N) is 1. The molecule has 0 bridgehead atoms. The Hall–Kier alpha value is -1.11. The molecule has 1 aromatic rings. The molecule has 5 nitrogen and oxygen atoms in total. The summed E-state index contributed by atoms with van der Waals surface area (Å²) in [5, 5.41) is 20.3. The molecule has 0 spiro atoms. The fraction of sp³-hybridized carbons (Fsp3) is 0.688. The lowest BCUT2D eigenvalue weighted by atomic mass is 9.84. The first kappa shape index (κ1) is 17.2. The van der Waals surface area contributed by atoms with Gasteiger partial charge in [0.1, 0.15) is 0 Å². The highest BCUT2D eigenvalue weighted by molar-refractivity contribution is 7.07. The molecule has 0 saturated carbocycles. The average Bonchev–Trinajstić information content (AvgIpc) is 3.19. The van der Waals surface area contributed by atoms with Gasteiger partial charge in [0.05, 0.1) is 6.61 Å². The Bertz CT molecular complexity index is 456. The SMILES string of the molecule is CN=C(NCC(C)c1ccsc1)NCC1(CCO)CCOC1. The van der Waals surface area contributed by atoms with E-state index in [0.717, 1.165) is 38.5 Å². The molecule has 2 rings (SSSR count). The van der Waals surface area contributed by atoms with E-state index in [1.807, 2.05) is 0 Å². The fourth-order valence-electron chi connectivity index (χ4n) is 2.73. The number of rotatable bonds is 7. The van der Waals surface area contributed by atoms with E-state index in [1.54, 1.807) is 18.4 Å². The van der Waals surface area contributed by atoms with Crippen molar-refractivity contribution in [1.29, 1.82) is 0 Å². The van der Waals surface area contributed by atoms with E-state index in [0.29, 0.717) is 12.5 Å². The van der Waals surface area contributed by atoms with Crippen molar-refractivity contribution in [3.05, 3.63) is 22.4 Å². The second-order valence-electron chi connectivity index (χ2n) is 6.04. The molecule has 2 heterocycles. The van der Waals surface area contributed by atoms with Crippen molar-refractivity contribution in [2.75, 3.05) is 40.0 Å². The number of aliphatic imine (C=N–C) groups is 1. The van der Waals surface area contributed by atoms with Gasteiger partial charge < -0.3 is 20.5 Å². The van der Waals surface area contributed by atoms with Gasteiger partial charge in [-0.1, -0.05) is 6.92 Å². The van der Waals surface area contributed by atoms with Crippen LogP contribution in [0.4, 0.5) is 0 Å². The number of aliphatic hydroxyl groups is 1. The van der Waals surface area contributed by atoms with Crippen LogP contribution in [-0.4, -0.2) is 51.0 Å². The molecule has 2 unspecified atom stereocenters. The van der Waals surface area contributed by atoms with Crippen molar-refractivity contribution in [1.82, 2.24) is 10.6 Å². The summed E-state index contributed by atoms with van der Waals surface area (Å²) in [5.41, 5.74) is 1.39. The van der Waals surface area contributed by atoms with Crippen molar-refractivity contribution in [3.63, 3.8) is 0 Å². The maximum atomic E-state index is 9.27. The van der Waals surface area contributed by atoms with Gasteiger partial charge in [-0.25, -0.2) is 0 Å². The van der Waals surface area contributed by atoms with Crippen LogP contribution in [0.1, 0.15) is 31.2 Å². The zero-order chi connectivity index (χ0) is 15.8. The molecular formula is C16H27N3O2S. The highest BCUT2D eigenvalue weighted by Gasteiger charge is 2.34. The van der Waals surface area contributed by atoms with Crippen LogP contribution in [0.5, 0.6) is 0 Å². The average molecular weight is 325 g/mol. The predicted molar refractivity (Wildman–Crippen MR) is 91.7 cm³/mol. The third-order valence-corrected chi connectivity index (χ3v) is 5.07. The van der Waals surface area contributed by atoms with Crippen molar-refractivity contribution < 1.29 is 9.84 Å². The molecule has 1 saturated heterocycles. The number of thiophene rings is 1. The molecule has 0 aromatic carbocycles. The zero-order valence-electron chi connectivity index (χ0n) is 13.5. The van der Waals surface area contributed by atoms with Crippen LogP contribution in [0.15, 0.2) is 21.8 Å². The number of aliphatic hydroxyl groups excluding tert-OH is 1. The Labute approximate surface area is 136 Å². The summed E-state index contributed by atoms with van der Waals surface area (Å²) in [7, 11) is 1.79. The Kier molecular flexibility index (Phi) is 6.67. The van der Waals surface area contributed by atoms with Crippen LogP contribution < -0.4 is 10.6 Å². The normalized spacial score (nSPS) is 23.5. The van der Waals surface area contributed by atoms with Crippen molar-refractivity contribution in [2.45, 2.75) is 25.7 Å². The predicted octanol–water partition coefficient (Wildman–Crippen LogP) is 1.81. The Balaban J connectivity index is 1.79. The summed E-state index contributed by atoms with van der Waals surface area (Å²) in [6.07, 6.45) is 1.76. The molecule has 0 amide bonds. The molecular weight excluding hydrogens is 298 g/mol. The maximum absolute atomic E-state index is 9.27. The lowest BCUT2D eigenvalue weighted by Crippen LogP contribution is -2.45. The molecule has 2 atom stereocenters. The van der Waals surface area contributed by atoms with E-state index in [-0.39, 0.29) is 12.0 Å². The fourth-order valence-corrected chi connectivity index (χ4v) is 3.51.